The van der Waals surface area contributed by atoms with Crippen LogP contribution in [0.1, 0.15) is 12.5 Å². The Labute approximate surface area is 97.5 Å². The van der Waals surface area contributed by atoms with Crippen LogP contribution in [-0.4, -0.2) is 17.0 Å². The fourth-order valence-electron chi connectivity index (χ4n) is 1.10. The van der Waals surface area contributed by atoms with Crippen LogP contribution >= 0.6 is 11.6 Å². The Bertz CT molecular complexity index is 454. The monoisotopic (exact) mass is 239 g/mol. The van der Waals surface area contributed by atoms with Crippen molar-refractivity contribution in [2.45, 2.75) is 6.92 Å². The lowest BCUT2D eigenvalue weighted by molar-refractivity contribution is -0.134. The number of hydrogen-bond donors (Lipinski definition) is 2. The molecular weight excluding hydrogens is 230 g/mol. The Morgan fingerprint density at radius 3 is 2.62 bits per heavy atom. The van der Waals surface area contributed by atoms with Gasteiger partial charge in [0.2, 0.25) is 5.91 Å². The van der Waals surface area contributed by atoms with Crippen LogP contribution in [0.25, 0.3) is 6.08 Å². The van der Waals surface area contributed by atoms with Crippen molar-refractivity contribution in [3.63, 3.8) is 0 Å². The highest BCUT2D eigenvalue weighted by Crippen LogP contribution is 2.13. The zero-order chi connectivity index (χ0) is 12.1. The summed E-state index contributed by atoms with van der Waals surface area (Å²) in [7, 11) is 0. The fourth-order valence-corrected chi connectivity index (χ4v) is 1.30. The topological polar surface area (TPSA) is 66.4 Å². The van der Waals surface area contributed by atoms with Gasteiger partial charge in [0.15, 0.2) is 0 Å². The van der Waals surface area contributed by atoms with E-state index in [1.807, 2.05) is 0 Å². The quantitative estimate of drug-likeness (QED) is 0.792. The molecule has 5 heteroatoms. The molecule has 16 heavy (non-hydrogen) atoms. The fraction of sp³-hybridized carbons (Fsp3) is 0.0909. The molecule has 0 aliphatic heterocycles. The summed E-state index contributed by atoms with van der Waals surface area (Å²) in [5, 5.41) is 11.6. The van der Waals surface area contributed by atoms with Crippen LogP contribution in [0.4, 0.5) is 0 Å². The molecule has 84 valence electrons. The van der Waals surface area contributed by atoms with Gasteiger partial charge in [0.1, 0.15) is 5.70 Å². The average molecular weight is 240 g/mol. The van der Waals surface area contributed by atoms with E-state index in [1.54, 1.807) is 24.3 Å². The van der Waals surface area contributed by atoms with Gasteiger partial charge in [0.05, 0.1) is 0 Å². The zero-order valence-corrected chi connectivity index (χ0v) is 9.28. The summed E-state index contributed by atoms with van der Waals surface area (Å²) in [6, 6.07) is 6.67. The van der Waals surface area contributed by atoms with Crippen molar-refractivity contribution < 1.29 is 14.7 Å². The van der Waals surface area contributed by atoms with Gasteiger partial charge in [-0.1, -0.05) is 23.7 Å². The van der Waals surface area contributed by atoms with Crippen LogP contribution in [-0.2, 0) is 9.59 Å². The van der Waals surface area contributed by atoms with Crippen molar-refractivity contribution in [3.05, 3.63) is 40.5 Å². The third-order valence-corrected chi connectivity index (χ3v) is 1.94. The molecule has 1 amide bonds. The molecule has 1 aromatic carbocycles. The maximum Gasteiger partial charge on any atom is 0.352 e. The van der Waals surface area contributed by atoms with Gasteiger partial charge < -0.3 is 10.4 Å². The van der Waals surface area contributed by atoms with E-state index < -0.39 is 11.9 Å². The van der Waals surface area contributed by atoms with Gasteiger partial charge in [-0.15, -0.1) is 0 Å². The van der Waals surface area contributed by atoms with E-state index in [9.17, 15) is 9.59 Å². The number of nitrogens with one attached hydrogen (secondary N) is 1. The number of halogens is 1. The minimum absolute atomic E-state index is 0.185. The van der Waals surface area contributed by atoms with Crippen LogP contribution in [0.15, 0.2) is 30.0 Å². The molecule has 0 bridgehead atoms. The summed E-state index contributed by atoms with van der Waals surface area (Å²) in [6.45, 7) is 1.24. The summed E-state index contributed by atoms with van der Waals surface area (Å²) in [6.07, 6.45) is 1.34. The number of aliphatic carboxylic acids is 1. The van der Waals surface area contributed by atoms with Gasteiger partial charge in [-0.3, -0.25) is 4.79 Å². The number of rotatable bonds is 3. The van der Waals surface area contributed by atoms with Crippen LogP contribution in [0.5, 0.6) is 0 Å². The van der Waals surface area contributed by atoms with Crippen molar-refractivity contribution >= 4 is 29.6 Å². The maximum atomic E-state index is 10.8. The van der Waals surface area contributed by atoms with E-state index in [2.05, 4.69) is 5.32 Å². The highest BCUT2D eigenvalue weighted by Gasteiger charge is 2.08. The molecule has 0 saturated heterocycles. The lowest BCUT2D eigenvalue weighted by Gasteiger charge is -2.02. The summed E-state index contributed by atoms with van der Waals surface area (Å²) in [5.41, 5.74) is 0.424. The molecule has 4 nitrogen and oxygen atoms in total. The normalized spacial score (nSPS) is 11.0. The van der Waals surface area contributed by atoms with E-state index in [4.69, 9.17) is 16.7 Å². The Kier molecular flexibility index (Phi) is 4.08. The molecule has 1 aromatic rings. The Morgan fingerprint density at radius 2 is 2.12 bits per heavy atom. The van der Waals surface area contributed by atoms with E-state index in [1.165, 1.54) is 13.0 Å². The molecule has 0 spiro atoms. The van der Waals surface area contributed by atoms with Crippen molar-refractivity contribution in [1.29, 1.82) is 0 Å². The van der Waals surface area contributed by atoms with Crippen LogP contribution in [0.2, 0.25) is 5.02 Å². The number of carbonyl (C=O) groups is 2. The molecule has 0 fully saturated rings. The van der Waals surface area contributed by atoms with Crippen molar-refractivity contribution in [1.82, 2.24) is 5.32 Å². The molecule has 2 N–H and O–H groups in total. The third-order valence-electron chi connectivity index (χ3n) is 1.70. The molecule has 1 rings (SSSR count). The van der Waals surface area contributed by atoms with Crippen LogP contribution in [0.3, 0.4) is 0 Å². The van der Waals surface area contributed by atoms with Crippen molar-refractivity contribution in [2.75, 3.05) is 0 Å². The van der Waals surface area contributed by atoms with Crippen LogP contribution in [0, 0.1) is 0 Å². The van der Waals surface area contributed by atoms with Crippen molar-refractivity contribution in [2.24, 2.45) is 0 Å². The summed E-state index contributed by atoms with van der Waals surface area (Å²) in [5.74, 6) is -1.63. The molecule has 0 unspecified atom stereocenters. The number of carboxylic acid groups (broad SMARTS) is 1. The number of carbonyl (C=O) groups excluding carboxylic acids is 1. The number of benzene rings is 1. The summed E-state index contributed by atoms with van der Waals surface area (Å²) in [4.78, 5) is 21.6. The second-order valence-corrected chi connectivity index (χ2v) is 3.54. The lowest BCUT2D eigenvalue weighted by Crippen LogP contribution is -2.24. The average Bonchev–Trinajstić information content (AvgIpc) is 2.15. The largest absolute Gasteiger partial charge is 0.477 e. The first-order valence-corrected chi connectivity index (χ1v) is 4.85. The SMILES string of the molecule is CC(=O)N/C(=C/c1cccc(Cl)c1)C(=O)O. The Morgan fingerprint density at radius 1 is 1.44 bits per heavy atom. The van der Waals surface area contributed by atoms with Gasteiger partial charge in [0, 0.05) is 11.9 Å². The van der Waals surface area contributed by atoms with Gasteiger partial charge in [-0.25, -0.2) is 4.79 Å². The van der Waals surface area contributed by atoms with Gasteiger partial charge >= 0.3 is 5.97 Å². The number of hydrogen-bond acceptors (Lipinski definition) is 2. The predicted octanol–water partition coefficient (Wildman–Crippen LogP) is 1.90. The third kappa shape index (κ3) is 3.74. The van der Waals surface area contributed by atoms with Gasteiger partial charge in [0.25, 0.3) is 0 Å². The zero-order valence-electron chi connectivity index (χ0n) is 8.53. The second kappa shape index (κ2) is 5.32. The standard InChI is InChI=1S/C11H10ClNO3/c1-7(14)13-10(11(15)16)6-8-3-2-4-9(12)5-8/h2-6H,1H3,(H,13,14)(H,15,16)/b10-6+. The van der Waals surface area contributed by atoms with Crippen molar-refractivity contribution in [3.8, 4) is 0 Å². The van der Waals surface area contributed by atoms with Crippen LogP contribution < -0.4 is 5.32 Å². The molecule has 0 aliphatic carbocycles. The molecule has 0 atom stereocenters. The predicted molar refractivity (Wildman–Crippen MR) is 60.9 cm³/mol. The van der Waals surface area contributed by atoms with E-state index in [0.717, 1.165) is 0 Å². The highest BCUT2D eigenvalue weighted by molar-refractivity contribution is 6.30. The highest BCUT2D eigenvalue weighted by atomic mass is 35.5. The first kappa shape index (κ1) is 12.3. The molecule has 0 radical (unpaired) electrons. The lowest BCUT2D eigenvalue weighted by atomic mass is 10.2. The van der Waals surface area contributed by atoms with Gasteiger partial charge in [-0.2, -0.15) is 0 Å². The number of carboxylic acids is 1. The molecule has 0 aromatic heterocycles. The summed E-state index contributed by atoms with van der Waals surface area (Å²) >= 11 is 5.75. The van der Waals surface area contributed by atoms with E-state index in [-0.39, 0.29) is 5.70 Å². The Hall–Kier alpha value is -1.81. The minimum Gasteiger partial charge on any atom is -0.477 e. The summed E-state index contributed by atoms with van der Waals surface area (Å²) < 4.78 is 0. The minimum atomic E-state index is -1.20. The molecule has 0 heterocycles. The number of amides is 1. The van der Waals surface area contributed by atoms with Gasteiger partial charge in [-0.05, 0) is 23.8 Å². The maximum absolute atomic E-state index is 10.8. The Balaban J connectivity index is 3.02. The first-order valence-electron chi connectivity index (χ1n) is 4.47. The smallest absolute Gasteiger partial charge is 0.352 e. The first-order chi connectivity index (χ1) is 7.49. The molecule has 0 aliphatic rings. The molecular formula is C11H10ClNO3. The van der Waals surface area contributed by atoms with E-state index >= 15 is 0 Å². The second-order valence-electron chi connectivity index (χ2n) is 3.10. The van der Waals surface area contributed by atoms with E-state index in [0.29, 0.717) is 10.6 Å². The molecule has 0 saturated carbocycles.